The Kier molecular flexibility index (Phi) is 3.10. The molecule has 2 rings (SSSR count). The summed E-state index contributed by atoms with van der Waals surface area (Å²) in [5.41, 5.74) is 0.914. The first-order chi connectivity index (χ1) is 8.16. The van der Waals surface area contributed by atoms with E-state index in [2.05, 4.69) is 10.2 Å². The van der Waals surface area contributed by atoms with Crippen molar-refractivity contribution in [3.63, 3.8) is 0 Å². The van der Waals surface area contributed by atoms with Gasteiger partial charge in [0.25, 0.3) is 0 Å². The highest BCUT2D eigenvalue weighted by Crippen LogP contribution is 2.10. The fraction of sp³-hybridized carbons (Fsp3) is 0.200. The van der Waals surface area contributed by atoms with Gasteiger partial charge < -0.3 is 5.11 Å². The number of rotatable bonds is 4. The van der Waals surface area contributed by atoms with E-state index in [1.54, 1.807) is 12.1 Å². The van der Waals surface area contributed by atoms with E-state index in [1.165, 1.54) is 11.0 Å². The fourth-order valence-electron chi connectivity index (χ4n) is 1.35. The maximum Gasteiger partial charge on any atom is 0.235 e. The summed E-state index contributed by atoms with van der Waals surface area (Å²) in [5, 5.41) is 27.7. The molecule has 2 aromatic rings. The van der Waals surface area contributed by atoms with Gasteiger partial charge >= 0.3 is 0 Å². The Morgan fingerprint density at radius 2 is 2.12 bits per heavy atom. The molecule has 1 atom stereocenters. The van der Waals surface area contributed by atoms with Crippen LogP contribution in [0.15, 0.2) is 36.5 Å². The van der Waals surface area contributed by atoms with E-state index in [0.717, 1.165) is 5.69 Å². The molecule has 1 N–H and O–H groups in total. The van der Waals surface area contributed by atoms with E-state index in [4.69, 9.17) is 0 Å². The third kappa shape index (κ3) is 2.64. The molecule has 0 amide bonds. The molecule has 0 saturated carbocycles. The van der Waals surface area contributed by atoms with Crippen LogP contribution in [-0.4, -0.2) is 31.6 Å². The molecular weight excluding hydrogens is 224 g/mol. The van der Waals surface area contributed by atoms with Crippen LogP contribution in [0, 0.1) is 10.1 Å². The van der Waals surface area contributed by atoms with E-state index in [0.29, 0.717) is 0 Å². The van der Waals surface area contributed by atoms with Gasteiger partial charge in [-0.15, -0.1) is 0 Å². The van der Waals surface area contributed by atoms with Gasteiger partial charge in [0.15, 0.2) is 6.10 Å². The van der Waals surface area contributed by atoms with Crippen molar-refractivity contribution in [2.75, 3.05) is 6.54 Å². The van der Waals surface area contributed by atoms with Gasteiger partial charge in [-0.05, 0) is 12.1 Å². The molecule has 0 unspecified atom stereocenters. The predicted octanol–water partition coefficient (Wildman–Crippen LogP) is 0.577. The number of nitro groups is 1. The van der Waals surface area contributed by atoms with Crippen molar-refractivity contribution in [3.8, 4) is 5.69 Å². The molecule has 17 heavy (non-hydrogen) atoms. The minimum Gasteiger partial charge on any atom is -0.380 e. The summed E-state index contributed by atoms with van der Waals surface area (Å²) in [4.78, 5) is 11.0. The molecule has 0 radical (unpaired) electrons. The minimum atomic E-state index is -1.23. The molecule has 1 aromatic heterocycles. The van der Waals surface area contributed by atoms with E-state index in [-0.39, 0.29) is 5.69 Å². The van der Waals surface area contributed by atoms with Gasteiger partial charge in [-0.1, -0.05) is 18.2 Å². The lowest BCUT2D eigenvalue weighted by atomic mass is 10.3. The summed E-state index contributed by atoms with van der Waals surface area (Å²) in [5.74, 6) is 0. The fourth-order valence-corrected chi connectivity index (χ4v) is 1.35. The van der Waals surface area contributed by atoms with Crippen LogP contribution in [0.25, 0.3) is 5.69 Å². The van der Waals surface area contributed by atoms with Crippen molar-refractivity contribution >= 4 is 0 Å². The Labute approximate surface area is 96.5 Å². The predicted molar refractivity (Wildman–Crippen MR) is 58.2 cm³/mol. The zero-order valence-corrected chi connectivity index (χ0v) is 8.80. The van der Waals surface area contributed by atoms with E-state index in [1.807, 2.05) is 18.2 Å². The third-order valence-electron chi connectivity index (χ3n) is 2.16. The number of hydrogen-bond acceptors (Lipinski definition) is 5. The second-order valence-electron chi connectivity index (χ2n) is 3.43. The number of aromatic nitrogens is 3. The zero-order chi connectivity index (χ0) is 12.3. The lowest BCUT2D eigenvalue weighted by molar-refractivity contribution is -0.491. The lowest BCUT2D eigenvalue weighted by Gasteiger charge is -2.00. The van der Waals surface area contributed by atoms with E-state index in [9.17, 15) is 15.2 Å². The Morgan fingerprint density at radius 3 is 2.76 bits per heavy atom. The van der Waals surface area contributed by atoms with Crippen LogP contribution >= 0.6 is 0 Å². The number of para-hydroxylation sites is 1. The zero-order valence-electron chi connectivity index (χ0n) is 8.80. The summed E-state index contributed by atoms with van der Waals surface area (Å²) >= 11 is 0. The highest BCUT2D eigenvalue weighted by Gasteiger charge is 2.17. The van der Waals surface area contributed by atoms with Gasteiger partial charge in [-0.3, -0.25) is 10.1 Å². The Bertz CT molecular complexity index is 511. The monoisotopic (exact) mass is 234 g/mol. The standard InChI is InChI=1S/C10H10N4O3/c15-10(7-13(16)17)9-6-11-14(12-9)8-4-2-1-3-5-8/h1-6,10,15H,7H2/t10-/m0/s1. The van der Waals surface area contributed by atoms with Crippen LogP contribution in [0.2, 0.25) is 0 Å². The molecule has 1 aromatic carbocycles. The van der Waals surface area contributed by atoms with Gasteiger partial charge in [0.2, 0.25) is 6.54 Å². The maximum atomic E-state index is 10.3. The van der Waals surface area contributed by atoms with E-state index < -0.39 is 17.6 Å². The van der Waals surface area contributed by atoms with Gasteiger partial charge in [0, 0.05) is 4.92 Å². The summed E-state index contributed by atoms with van der Waals surface area (Å²) in [7, 11) is 0. The van der Waals surface area contributed by atoms with Gasteiger partial charge in [0.1, 0.15) is 5.69 Å². The number of aliphatic hydroxyl groups excluding tert-OH is 1. The first-order valence-corrected chi connectivity index (χ1v) is 4.94. The summed E-state index contributed by atoms with van der Waals surface area (Å²) in [6, 6.07) is 9.10. The molecule has 0 fully saturated rings. The van der Waals surface area contributed by atoms with Crippen LogP contribution < -0.4 is 0 Å². The first kappa shape index (κ1) is 11.2. The van der Waals surface area contributed by atoms with Crippen molar-refractivity contribution in [1.29, 1.82) is 0 Å². The van der Waals surface area contributed by atoms with Crippen molar-refractivity contribution in [3.05, 3.63) is 52.3 Å². The number of benzene rings is 1. The van der Waals surface area contributed by atoms with Gasteiger partial charge in [-0.2, -0.15) is 15.0 Å². The maximum absolute atomic E-state index is 10.3. The second-order valence-corrected chi connectivity index (χ2v) is 3.43. The lowest BCUT2D eigenvalue weighted by Crippen LogP contribution is -2.12. The normalized spacial score (nSPS) is 12.3. The average Bonchev–Trinajstić information content (AvgIpc) is 2.78. The van der Waals surface area contributed by atoms with Crippen LogP contribution in [0.1, 0.15) is 11.8 Å². The second kappa shape index (κ2) is 4.71. The topological polar surface area (TPSA) is 94.1 Å². The first-order valence-electron chi connectivity index (χ1n) is 4.94. The van der Waals surface area contributed by atoms with Gasteiger partial charge in [0.05, 0.1) is 11.9 Å². The molecule has 0 spiro atoms. The molecule has 0 aliphatic heterocycles. The Morgan fingerprint density at radius 1 is 1.41 bits per heavy atom. The van der Waals surface area contributed by atoms with Crippen molar-refractivity contribution in [2.24, 2.45) is 0 Å². The Hall–Kier alpha value is -2.28. The summed E-state index contributed by atoms with van der Waals surface area (Å²) < 4.78 is 0. The van der Waals surface area contributed by atoms with Gasteiger partial charge in [-0.25, -0.2) is 0 Å². The number of aliphatic hydroxyl groups is 1. The minimum absolute atomic E-state index is 0.186. The largest absolute Gasteiger partial charge is 0.380 e. The number of hydrogen-bond donors (Lipinski definition) is 1. The van der Waals surface area contributed by atoms with Crippen LogP contribution in [0.5, 0.6) is 0 Å². The molecule has 1 heterocycles. The molecule has 0 aliphatic carbocycles. The van der Waals surface area contributed by atoms with Crippen LogP contribution in [0.3, 0.4) is 0 Å². The van der Waals surface area contributed by atoms with Crippen molar-refractivity contribution in [1.82, 2.24) is 15.0 Å². The SMILES string of the molecule is O=[N+]([O-])C[C@H](O)c1cnn(-c2ccccc2)n1. The molecule has 88 valence electrons. The molecule has 0 saturated heterocycles. The average molecular weight is 234 g/mol. The van der Waals surface area contributed by atoms with Crippen molar-refractivity contribution < 1.29 is 10.0 Å². The van der Waals surface area contributed by atoms with Crippen LogP contribution in [-0.2, 0) is 0 Å². The highest BCUT2D eigenvalue weighted by atomic mass is 16.6. The number of nitrogens with zero attached hydrogens (tertiary/aromatic N) is 4. The molecule has 0 bridgehead atoms. The summed E-state index contributed by atoms with van der Waals surface area (Å²) in [6.07, 6.45) is 0.0868. The molecular formula is C10H10N4O3. The quantitative estimate of drug-likeness (QED) is 0.616. The van der Waals surface area contributed by atoms with Crippen LogP contribution in [0.4, 0.5) is 0 Å². The highest BCUT2D eigenvalue weighted by molar-refractivity contribution is 5.28. The Balaban J connectivity index is 2.19. The summed E-state index contributed by atoms with van der Waals surface area (Å²) in [6.45, 7) is -0.576. The van der Waals surface area contributed by atoms with E-state index >= 15 is 0 Å². The smallest absolute Gasteiger partial charge is 0.235 e. The third-order valence-corrected chi connectivity index (χ3v) is 2.16. The van der Waals surface area contributed by atoms with Crippen molar-refractivity contribution in [2.45, 2.75) is 6.10 Å². The molecule has 7 heteroatoms. The molecule has 0 aliphatic rings. The molecule has 7 nitrogen and oxygen atoms in total.